The molecule has 1 aliphatic rings. The summed E-state index contributed by atoms with van der Waals surface area (Å²) in [5.74, 6) is -0.314. The van der Waals surface area contributed by atoms with Gasteiger partial charge in [0.2, 0.25) is 0 Å². The quantitative estimate of drug-likeness (QED) is 0.195. The number of aryl methyl sites for hydroxylation is 1. The van der Waals surface area contributed by atoms with Crippen LogP contribution in [0.3, 0.4) is 0 Å². The lowest BCUT2D eigenvalue weighted by Gasteiger charge is -2.26. The SMILES string of the molecule is Cc1ccc(C(C)(C)C)cc1/C(O)=C1\C(=O)C(=O)N(CCOC(C)C)C1c1cccc(Oc2ccccc2)c1. The van der Waals surface area contributed by atoms with Gasteiger partial charge in [-0.05, 0) is 73.2 Å². The highest BCUT2D eigenvalue weighted by Crippen LogP contribution is 2.41. The van der Waals surface area contributed by atoms with Crippen molar-refractivity contribution in [2.24, 2.45) is 0 Å². The minimum Gasteiger partial charge on any atom is -0.507 e. The molecule has 1 N–H and O–H groups in total. The van der Waals surface area contributed by atoms with Crippen LogP contribution in [-0.4, -0.2) is 41.0 Å². The Bertz CT molecular complexity index is 1380. The van der Waals surface area contributed by atoms with E-state index in [9.17, 15) is 14.7 Å². The third kappa shape index (κ3) is 6.23. The number of nitrogens with zero attached hydrogens (tertiary/aromatic N) is 1. The van der Waals surface area contributed by atoms with Crippen LogP contribution in [0.2, 0.25) is 0 Å². The van der Waals surface area contributed by atoms with Crippen molar-refractivity contribution in [1.82, 2.24) is 4.90 Å². The summed E-state index contributed by atoms with van der Waals surface area (Å²) < 4.78 is 11.8. The first-order valence-corrected chi connectivity index (χ1v) is 13.3. The van der Waals surface area contributed by atoms with Gasteiger partial charge in [-0.1, -0.05) is 63.2 Å². The molecule has 0 saturated carbocycles. The first kappa shape index (κ1) is 28.1. The molecule has 1 aliphatic heterocycles. The van der Waals surface area contributed by atoms with Gasteiger partial charge >= 0.3 is 0 Å². The highest BCUT2D eigenvalue weighted by Gasteiger charge is 2.46. The van der Waals surface area contributed by atoms with Crippen molar-refractivity contribution in [2.75, 3.05) is 13.2 Å². The number of hydrogen-bond donors (Lipinski definition) is 1. The van der Waals surface area contributed by atoms with E-state index in [-0.39, 0.29) is 36.0 Å². The summed E-state index contributed by atoms with van der Waals surface area (Å²) in [7, 11) is 0. The number of aliphatic hydroxyl groups excluding tert-OH is 1. The van der Waals surface area contributed by atoms with Crippen molar-refractivity contribution in [3.8, 4) is 11.5 Å². The zero-order valence-corrected chi connectivity index (χ0v) is 23.5. The number of hydrogen-bond acceptors (Lipinski definition) is 5. The number of carbonyl (C=O) groups is 2. The molecule has 0 spiro atoms. The molecular weight excluding hydrogens is 490 g/mol. The fourth-order valence-corrected chi connectivity index (χ4v) is 4.71. The summed E-state index contributed by atoms with van der Waals surface area (Å²) in [5, 5.41) is 11.7. The number of benzene rings is 3. The largest absolute Gasteiger partial charge is 0.507 e. The van der Waals surface area contributed by atoms with E-state index in [4.69, 9.17) is 9.47 Å². The molecule has 1 atom stereocenters. The summed E-state index contributed by atoms with van der Waals surface area (Å²) in [6.45, 7) is 12.5. The number of rotatable bonds is 8. The van der Waals surface area contributed by atoms with E-state index in [1.165, 1.54) is 4.90 Å². The molecule has 6 heteroatoms. The molecule has 1 amide bonds. The molecule has 1 unspecified atom stereocenters. The highest BCUT2D eigenvalue weighted by molar-refractivity contribution is 6.46. The summed E-state index contributed by atoms with van der Waals surface area (Å²) in [4.78, 5) is 28.3. The van der Waals surface area contributed by atoms with Crippen LogP contribution in [0.4, 0.5) is 0 Å². The molecule has 1 saturated heterocycles. The Morgan fingerprint density at radius 3 is 2.31 bits per heavy atom. The molecular formula is C33H37NO5. The molecule has 204 valence electrons. The Morgan fingerprint density at radius 2 is 1.64 bits per heavy atom. The lowest BCUT2D eigenvalue weighted by atomic mass is 9.84. The minimum atomic E-state index is -0.794. The molecule has 0 aliphatic carbocycles. The molecule has 6 nitrogen and oxygen atoms in total. The summed E-state index contributed by atoms with van der Waals surface area (Å²) >= 11 is 0. The molecule has 0 aromatic heterocycles. The topological polar surface area (TPSA) is 76.1 Å². The van der Waals surface area contributed by atoms with E-state index >= 15 is 0 Å². The highest BCUT2D eigenvalue weighted by atomic mass is 16.5. The van der Waals surface area contributed by atoms with Crippen LogP contribution in [0, 0.1) is 6.92 Å². The molecule has 3 aromatic rings. The summed E-state index contributed by atoms with van der Waals surface area (Å²) in [6, 6.07) is 21.8. The zero-order valence-electron chi connectivity index (χ0n) is 23.5. The monoisotopic (exact) mass is 527 g/mol. The lowest BCUT2D eigenvalue weighted by molar-refractivity contribution is -0.140. The van der Waals surface area contributed by atoms with Crippen molar-refractivity contribution in [3.63, 3.8) is 0 Å². The third-order valence-electron chi connectivity index (χ3n) is 6.83. The number of para-hydroxylation sites is 1. The fraction of sp³-hybridized carbons (Fsp3) is 0.333. The second-order valence-electron chi connectivity index (χ2n) is 11.2. The van der Waals surface area contributed by atoms with Crippen molar-refractivity contribution >= 4 is 17.4 Å². The lowest BCUT2D eigenvalue weighted by Crippen LogP contribution is -2.33. The van der Waals surface area contributed by atoms with E-state index in [1.54, 1.807) is 0 Å². The Balaban J connectivity index is 1.84. The zero-order chi connectivity index (χ0) is 28.3. The van der Waals surface area contributed by atoms with Gasteiger partial charge in [-0.3, -0.25) is 9.59 Å². The second-order valence-corrected chi connectivity index (χ2v) is 11.2. The van der Waals surface area contributed by atoms with Crippen molar-refractivity contribution in [2.45, 2.75) is 59.1 Å². The van der Waals surface area contributed by atoms with Gasteiger partial charge in [-0.25, -0.2) is 0 Å². The Kier molecular flexibility index (Phi) is 8.26. The number of carbonyl (C=O) groups excluding carboxylic acids is 2. The minimum absolute atomic E-state index is 0.0225. The Labute approximate surface area is 230 Å². The van der Waals surface area contributed by atoms with Gasteiger partial charge in [0.1, 0.15) is 17.3 Å². The van der Waals surface area contributed by atoms with Crippen LogP contribution in [-0.2, 0) is 19.7 Å². The van der Waals surface area contributed by atoms with E-state index in [1.807, 2.05) is 93.6 Å². The molecule has 1 heterocycles. The number of ketones is 1. The molecule has 39 heavy (non-hydrogen) atoms. The molecule has 1 fully saturated rings. The van der Waals surface area contributed by atoms with Crippen LogP contribution in [0.15, 0.2) is 78.4 Å². The van der Waals surface area contributed by atoms with Crippen molar-refractivity contribution < 1.29 is 24.2 Å². The first-order valence-electron chi connectivity index (χ1n) is 13.3. The van der Waals surface area contributed by atoms with Gasteiger partial charge < -0.3 is 19.5 Å². The van der Waals surface area contributed by atoms with Crippen LogP contribution < -0.4 is 4.74 Å². The van der Waals surface area contributed by atoms with E-state index in [2.05, 4.69) is 20.8 Å². The maximum Gasteiger partial charge on any atom is 0.295 e. The number of amides is 1. The van der Waals surface area contributed by atoms with Crippen LogP contribution >= 0.6 is 0 Å². The molecule has 3 aromatic carbocycles. The number of aliphatic hydroxyl groups is 1. The van der Waals surface area contributed by atoms with Gasteiger partial charge in [0.25, 0.3) is 11.7 Å². The Hall–Kier alpha value is -3.90. The number of likely N-dealkylation sites (tertiary alicyclic amines) is 1. The van der Waals surface area contributed by atoms with Crippen LogP contribution in [0.25, 0.3) is 5.76 Å². The summed E-state index contributed by atoms with van der Waals surface area (Å²) in [6.07, 6.45) is -0.0225. The molecule has 4 rings (SSSR count). The normalized spacial score (nSPS) is 17.2. The predicted octanol–water partition coefficient (Wildman–Crippen LogP) is 6.93. The van der Waals surface area contributed by atoms with Gasteiger partial charge in [0, 0.05) is 12.1 Å². The average molecular weight is 528 g/mol. The van der Waals surface area contributed by atoms with E-state index in [0.717, 1.165) is 11.1 Å². The Morgan fingerprint density at radius 1 is 0.949 bits per heavy atom. The van der Waals surface area contributed by atoms with Crippen LogP contribution in [0.1, 0.15) is 62.9 Å². The van der Waals surface area contributed by atoms with E-state index in [0.29, 0.717) is 22.6 Å². The standard InChI is InChI=1S/C33H37NO5/c1-21(2)38-18-17-34-29(23-11-10-14-26(19-23)39-25-12-8-7-9-13-25)28(31(36)32(34)37)30(35)27-20-24(33(4,5)6)16-15-22(27)3/h7-16,19-21,29,35H,17-18H2,1-6H3/b30-28+. The average Bonchev–Trinajstić information content (AvgIpc) is 3.13. The predicted molar refractivity (Wildman–Crippen MR) is 153 cm³/mol. The van der Waals surface area contributed by atoms with Crippen LogP contribution in [0.5, 0.6) is 11.5 Å². The number of ether oxygens (including phenoxy) is 2. The van der Waals surface area contributed by atoms with Gasteiger partial charge in [-0.15, -0.1) is 0 Å². The maximum absolute atomic E-state index is 13.5. The summed E-state index contributed by atoms with van der Waals surface area (Å²) in [5.41, 5.74) is 2.94. The number of Topliss-reactive ketones (excluding diaryl/α,β-unsaturated/α-hetero) is 1. The van der Waals surface area contributed by atoms with Gasteiger partial charge in [0.15, 0.2) is 0 Å². The van der Waals surface area contributed by atoms with E-state index < -0.39 is 17.7 Å². The smallest absolute Gasteiger partial charge is 0.295 e. The van der Waals surface area contributed by atoms with Crippen molar-refractivity contribution in [3.05, 3.63) is 101 Å². The second kappa shape index (κ2) is 11.5. The molecule has 0 radical (unpaired) electrons. The first-order chi connectivity index (χ1) is 18.5. The van der Waals surface area contributed by atoms with Gasteiger partial charge in [0.05, 0.1) is 24.3 Å². The third-order valence-corrected chi connectivity index (χ3v) is 6.83. The fourth-order valence-electron chi connectivity index (χ4n) is 4.71. The maximum atomic E-state index is 13.5. The van der Waals surface area contributed by atoms with Crippen molar-refractivity contribution in [1.29, 1.82) is 0 Å². The van der Waals surface area contributed by atoms with Gasteiger partial charge in [-0.2, -0.15) is 0 Å². The molecule has 0 bridgehead atoms.